The Morgan fingerprint density at radius 1 is 1.29 bits per heavy atom. The monoisotopic (exact) mass is 220 g/mol. The average Bonchev–Trinajstić information content (AvgIpc) is 2.14. The van der Waals surface area contributed by atoms with Crippen LogP contribution in [0.5, 0.6) is 5.75 Å². The maximum absolute atomic E-state index is 12.8. The molecule has 0 aliphatic heterocycles. The first-order valence-corrected chi connectivity index (χ1v) is 4.49. The number of phenolic OH excluding ortho intramolecular Hbond substituents is 1. The van der Waals surface area contributed by atoms with Crippen LogP contribution in [-0.2, 0) is 0 Å². The van der Waals surface area contributed by atoms with Crippen LogP contribution in [0.4, 0.5) is 4.39 Å². The normalized spacial score (nSPS) is 15.1. The minimum atomic E-state index is -1.30. The van der Waals surface area contributed by atoms with Crippen LogP contribution < -0.4 is 0 Å². The number of aliphatic hydroxyl groups excluding tert-OH is 2. The molecule has 1 aromatic carbocycles. The van der Waals surface area contributed by atoms with Gasteiger partial charge >= 0.3 is 0 Å². The molecule has 2 atom stereocenters. The molecule has 14 heavy (non-hydrogen) atoms. The molecule has 0 radical (unpaired) electrons. The van der Waals surface area contributed by atoms with Crippen molar-refractivity contribution in [2.45, 2.75) is 12.2 Å². The maximum Gasteiger partial charge on any atom is 0.127 e. The third-order valence-corrected chi connectivity index (χ3v) is 2.09. The van der Waals surface area contributed by atoms with Gasteiger partial charge in [-0.05, 0) is 17.7 Å². The molecule has 0 fully saturated rings. The molecule has 1 aromatic rings. The zero-order valence-corrected chi connectivity index (χ0v) is 7.95. The predicted octanol–water partition coefficient (Wildman–Crippen LogP) is 1.16. The fourth-order valence-electron chi connectivity index (χ4n) is 1.07. The van der Waals surface area contributed by atoms with E-state index in [0.29, 0.717) is 0 Å². The summed E-state index contributed by atoms with van der Waals surface area (Å²) in [6, 6.07) is 3.10. The topological polar surface area (TPSA) is 60.7 Å². The van der Waals surface area contributed by atoms with Crippen molar-refractivity contribution >= 4 is 11.6 Å². The Morgan fingerprint density at radius 2 is 1.93 bits per heavy atom. The van der Waals surface area contributed by atoms with Gasteiger partial charge in [0.2, 0.25) is 0 Å². The molecule has 0 bridgehead atoms. The van der Waals surface area contributed by atoms with Gasteiger partial charge in [-0.1, -0.05) is 0 Å². The van der Waals surface area contributed by atoms with Crippen LogP contribution in [0.2, 0.25) is 0 Å². The van der Waals surface area contributed by atoms with Crippen molar-refractivity contribution in [3.63, 3.8) is 0 Å². The molecule has 0 aromatic heterocycles. The summed E-state index contributed by atoms with van der Waals surface area (Å²) >= 11 is 5.31. The van der Waals surface area contributed by atoms with E-state index in [1.807, 2.05) is 0 Å². The minimum absolute atomic E-state index is 0.0932. The zero-order valence-electron chi connectivity index (χ0n) is 7.19. The third-order valence-electron chi connectivity index (χ3n) is 1.77. The number of phenols is 1. The molecule has 5 heteroatoms. The fraction of sp³-hybridized carbons (Fsp3) is 0.333. The summed E-state index contributed by atoms with van der Waals surface area (Å²) in [5.74, 6) is -1.15. The van der Waals surface area contributed by atoms with E-state index in [2.05, 4.69) is 0 Å². The van der Waals surface area contributed by atoms with Gasteiger partial charge in [0.1, 0.15) is 17.7 Å². The number of benzene rings is 1. The summed E-state index contributed by atoms with van der Waals surface area (Å²) in [6.45, 7) is 0. The van der Waals surface area contributed by atoms with E-state index in [1.54, 1.807) is 0 Å². The molecule has 0 amide bonds. The Morgan fingerprint density at radius 3 is 2.43 bits per heavy atom. The highest BCUT2D eigenvalue weighted by Gasteiger charge is 2.18. The molecule has 2 unspecified atom stereocenters. The van der Waals surface area contributed by atoms with Crippen LogP contribution in [0.15, 0.2) is 18.2 Å². The first kappa shape index (κ1) is 11.2. The standard InChI is InChI=1S/C9H10ClFO3/c10-4-8(13)9(14)5-1-6(11)3-7(12)2-5/h1-3,8-9,12-14H,4H2. The third kappa shape index (κ3) is 2.57. The average molecular weight is 221 g/mol. The summed E-state index contributed by atoms with van der Waals surface area (Å²) in [4.78, 5) is 0. The van der Waals surface area contributed by atoms with Crippen LogP contribution in [0.3, 0.4) is 0 Å². The molecule has 3 N–H and O–H groups in total. The molecule has 3 nitrogen and oxygen atoms in total. The molecule has 1 rings (SSSR count). The van der Waals surface area contributed by atoms with Crippen molar-refractivity contribution in [1.82, 2.24) is 0 Å². The number of alkyl halides is 1. The Labute approximate surface area is 85.4 Å². The lowest BCUT2D eigenvalue weighted by Gasteiger charge is -2.15. The lowest BCUT2D eigenvalue weighted by Crippen LogP contribution is -2.19. The molecular formula is C9H10ClFO3. The molecule has 0 aliphatic carbocycles. The van der Waals surface area contributed by atoms with E-state index < -0.39 is 18.0 Å². The number of hydrogen-bond donors (Lipinski definition) is 3. The second-order valence-electron chi connectivity index (χ2n) is 2.91. The summed E-state index contributed by atoms with van der Waals surface area (Å²) in [5, 5.41) is 27.6. The van der Waals surface area contributed by atoms with E-state index in [0.717, 1.165) is 12.1 Å². The van der Waals surface area contributed by atoms with Gasteiger partial charge < -0.3 is 15.3 Å². The predicted molar refractivity (Wildman–Crippen MR) is 49.8 cm³/mol. The molecule has 0 heterocycles. The quantitative estimate of drug-likeness (QED) is 0.670. The van der Waals surface area contributed by atoms with Crippen LogP contribution >= 0.6 is 11.6 Å². The van der Waals surface area contributed by atoms with Gasteiger partial charge in [-0.25, -0.2) is 4.39 Å². The van der Waals surface area contributed by atoms with Crippen molar-refractivity contribution in [3.8, 4) is 5.75 Å². The van der Waals surface area contributed by atoms with E-state index in [1.165, 1.54) is 6.07 Å². The SMILES string of the molecule is Oc1cc(F)cc(C(O)C(O)CCl)c1. The minimum Gasteiger partial charge on any atom is -0.508 e. The Bertz CT molecular complexity index is 299. The fourth-order valence-corrected chi connectivity index (χ4v) is 1.24. The van der Waals surface area contributed by atoms with Gasteiger partial charge in [0.15, 0.2) is 0 Å². The maximum atomic E-state index is 12.8. The van der Waals surface area contributed by atoms with Crippen LogP contribution in [0.25, 0.3) is 0 Å². The largest absolute Gasteiger partial charge is 0.508 e. The molecule has 78 valence electrons. The van der Waals surface area contributed by atoms with Gasteiger partial charge in [0, 0.05) is 6.07 Å². The molecule has 0 aliphatic rings. The highest BCUT2D eigenvalue weighted by molar-refractivity contribution is 6.18. The van der Waals surface area contributed by atoms with E-state index in [-0.39, 0.29) is 17.2 Å². The Kier molecular flexibility index (Phi) is 3.69. The molecular weight excluding hydrogens is 211 g/mol. The van der Waals surface area contributed by atoms with Crippen molar-refractivity contribution in [3.05, 3.63) is 29.6 Å². The zero-order chi connectivity index (χ0) is 10.7. The lowest BCUT2D eigenvalue weighted by atomic mass is 10.1. The van der Waals surface area contributed by atoms with Gasteiger partial charge in [0.25, 0.3) is 0 Å². The molecule has 0 saturated heterocycles. The number of rotatable bonds is 3. The van der Waals surface area contributed by atoms with E-state index in [9.17, 15) is 14.6 Å². The Balaban J connectivity index is 2.94. The van der Waals surface area contributed by atoms with Gasteiger partial charge in [-0.2, -0.15) is 0 Å². The second kappa shape index (κ2) is 4.59. The summed E-state index contributed by atoms with van der Waals surface area (Å²) in [6.07, 6.45) is -2.48. The van der Waals surface area contributed by atoms with E-state index >= 15 is 0 Å². The highest BCUT2D eigenvalue weighted by atomic mass is 35.5. The van der Waals surface area contributed by atoms with Crippen molar-refractivity contribution in [2.24, 2.45) is 0 Å². The number of halogens is 2. The number of hydrogen-bond acceptors (Lipinski definition) is 3. The van der Waals surface area contributed by atoms with Crippen LogP contribution in [0.1, 0.15) is 11.7 Å². The van der Waals surface area contributed by atoms with Crippen molar-refractivity contribution in [1.29, 1.82) is 0 Å². The number of aliphatic hydroxyl groups is 2. The van der Waals surface area contributed by atoms with Crippen molar-refractivity contribution < 1.29 is 19.7 Å². The van der Waals surface area contributed by atoms with Gasteiger partial charge in [0.05, 0.1) is 12.0 Å². The first-order chi connectivity index (χ1) is 6.54. The highest BCUT2D eigenvalue weighted by Crippen LogP contribution is 2.23. The lowest BCUT2D eigenvalue weighted by molar-refractivity contribution is 0.0324. The van der Waals surface area contributed by atoms with E-state index in [4.69, 9.17) is 16.7 Å². The molecule has 0 saturated carbocycles. The van der Waals surface area contributed by atoms with Gasteiger partial charge in [-0.15, -0.1) is 11.6 Å². The van der Waals surface area contributed by atoms with Gasteiger partial charge in [-0.3, -0.25) is 0 Å². The Hall–Kier alpha value is -0.840. The summed E-state index contributed by atoms with van der Waals surface area (Å²) in [7, 11) is 0. The second-order valence-corrected chi connectivity index (χ2v) is 3.22. The summed E-state index contributed by atoms with van der Waals surface area (Å²) in [5.41, 5.74) is 0.0932. The summed E-state index contributed by atoms with van der Waals surface area (Å²) < 4.78 is 12.8. The number of aromatic hydroxyl groups is 1. The van der Waals surface area contributed by atoms with Crippen LogP contribution in [-0.4, -0.2) is 27.3 Å². The van der Waals surface area contributed by atoms with Crippen molar-refractivity contribution in [2.75, 3.05) is 5.88 Å². The first-order valence-electron chi connectivity index (χ1n) is 3.96. The van der Waals surface area contributed by atoms with Crippen LogP contribution in [0, 0.1) is 5.82 Å². The molecule has 0 spiro atoms. The smallest absolute Gasteiger partial charge is 0.127 e.